The number of hydrogen-bond acceptors (Lipinski definition) is 5. The van der Waals surface area contributed by atoms with Crippen LogP contribution in [0.2, 0.25) is 0 Å². The van der Waals surface area contributed by atoms with Gasteiger partial charge in [0, 0.05) is 0 Å². The Morgan fingerprint density at radius 2 is 1.56 bits per heavy atom. The van der Waals surface area contributed by atoms with Crippen LogP contribution in [0.5, 0.6) is 0 Å². The molecule has 1 aromatic heterocycles. The largest absolute Gasteiger partial charge is 0.390 e. The lowest BCUT2D eigenvalue weighted by atomic mass is 10.3. The predicted octanol–water partition coefficient (Wildman–Crippen LogP) is -0.946. The van der Waals surface area contributed by atoms with E-state index in [2.05, 4.69) is 14.9 Å². The first-order valence-electron chi connectivity index (χ1n) is 2.40. The highest BCUT2D eigenvalue weighted by Crippen LogP contribution is 2.00. The van der Waals surface area contributed by atoms with Crippen molar-refractivity contribution >= 4 is 0 Å². The topological polar surface area (TPSA) is 79.4 Å². The van der Waals surface area contributed by atoms with Crippen molar-refractivity contribution in [2.45, 2.75) is 13.2 Å². The van der Waals surface area contributed by atoms with Crippen LogP contribution in [0.3, 0.4) is 0 Å². The Morgan fingerprint density at radius 1 is 1.11 bits per heavy atom. The zero-order chi connectivity index (χ0) is 6.69. The quantitative estimate of drug-likeness (QED) is 0.539. The minimum Gasteiger partial charge on any atom is -0.390 e. The number of aliphatic hydroxyl groups excluding tert-OH is 2. The van der Waals surface area contributed by atoms with E-state index in [-0.39, 0.29) is 24.6 Å². The monoisotopic (exact) mass is 130 g/mol. The molecule has 0 saturated carbocycles. The molecule has 0 bridgehead atoms. The van der Waals surface area contributed by atoms with E-state index < -0.39 is 0 Å². The van der Waals surface area contributed by atoms with Crippen molar-refractivity contribution in [3.05, 3.63) is 11.4 Å². The van der Waals surface area contributed by atoms with Crippen LogP contribution in [0.1, 0.15) is 11.4 Å². The fourth-order valence-corrected chi connectivity index (χ4v) is 0.465. The molecule has 9 heavy (non-hydrogen) atoms. The molecule has 1 heterocycles. The van der Waals surface area contributed by atoms with E-state index in [1.165, 1.54) is 0 Å². The molecule has 0 amide bonds. The molecule has 0 unspecified atom stereocenters. The van der Waals surface area contributed by atoms with E-state index in [0.717, 1.165) is 0 Å². The molecule has 0 fully saturated rings. The van der Waals surface area contributed by atoms with Gasteiger partial charge >= 0.3 is 0 Å². The third kappa shape index (κ3) is 1.06. The molecule has 0 aliphatic rings. The van der Waals surface area contributed by atoms with Crippen LogP contribution in [-0.2, 0) is 13.2 Å². The maximum absolute atomic E-state index is 8.46. The summed E-state index contributed by atoms with van der Waals surface area (Å²) in [6.07, 6.45) is 0. The molecule has 0 aliphatic heterocycles. The second kappa shape index (κ2) is 2.56. The van der Waals surface area contributed by atoms with Gasteiger partial charge in [0.05, 0.1) is 13.2 Å². The van der Waals surface area contributed by atoms with Gasteiger partial charge in [-0.2, -0.15) is 0 Å². The zero-order valence-corrected chi connectivity index (χ0v) is 4.61. The van der Waals surface area contributed by atoms with E-state index in [1.807, 2.05) is 0 Å². The molecule has 0 aliphatic carbocycles. The predicted molar refractivity (Wildman–Crippen MR) is 26.1 cm³/mol. The SMILES string of the molecule is OCc1nonc1CO. The van der Waals surface area contributed by atoms with E-state index in [1.54, 1.807) is 0 Å². The van der Waals surface area contributed by atoms with Gasteiger partial charge in [0.15, 0.2) is 0 Å². The van der Waals surface area contributed by atoms with Crippen LogP contribution in [0, 0.1) is 0 Å². The Hall–Kier alpha value is -0.940. The van der Waals surface area contributed by atoms with Crippen LogP contribution in [0.4, 0.5) is 0 Å². The summed E-state index contributed by atoms with van der Waals surface area (Å²) in [6.45, 7) is -0.501. The third-order valence-electron chi connectivity index (χ3n) is 0.935. The Balaban J connectivity index is 2.85. The van der Waals surface area contributed by atoms with E-state index in [0.29, 0.717) is 0 Å². The molecular weight excluding hydrogens is 124 g/mol. The number of rotatable bonds is 2. The van der Waals surface area contributed by atoms with Crippen LogP contribution in [0.15, 0.2) is 4.63 Å². The first-order chi connectivity index (χ1) is 4.38. The van der Waals surface area contributed by atoms with Crippen molar-refractivity contribution in [1.82, 2.24) is 10.3 Å². The van der Waals surface area contributed by atoms with Crippen molar-refractivity contribution in [1.29, 1.82) is 0 Å². The highest BCUT2D eigenvalue weighted by Gasteiger charge is 2.05. The highest BCUT2D eigenvalue weighted by atomic mass is 16.6. The van der Waals surface area contributed by atoms with Crippen LogP contribution < -0.4 is 0 Å². The molecule has 0 atom stereocenters. The van der Waals surface area contributed by atoms with Crippen molar-refractivity contribution in [2.24, 2.45) is 0 Å². The fraction of sp³-hybridized carbons (Fsp3) is 0.500. The van der Waals surface area contributed by atoms with Gasteiger partial charge < -0.3 is 10.2 Å². The lowest BCUT2D eigenvalue weighted by molar-refractivity contribution is 0.254. The number of hydrogen-bond donors (Lipinski definition) is 2. The minimum atomic E-state index is -0.251. The molecule has 50 valence electrons. The first-order valence-corrected chi connectivity index (χ1v) is 2.40. The van der Waals surface area contributed by atoms with Crippen LogP contribution in [-0.4, -0.2) is 20.5 Å². The van der Waals surface area contributed by atoms with E-state index in [4.69, 9.17) is 10.2 Å². The molecule has 1 rings (SSSR count). The van der Waals surface area contributed by atoms with Crippen molar-refractivity contribution in [2.75, 3.05) is 0 Å². The van der Waals surface area contributed by atoms with Gasteiger partial charge in [0.1, 0.15) is 11.4 Å². The van der Waals surface area contributed by atoms with Crippen molar-refractivity contribution in [3.8, 4) is 0 Å². The Labute approximate surface area is 50.9 Å². The van der Waals surface area contributed by atoms with Gasteiger partial charge in [-0.3, -0.25) is 0 Å². The summed E-state index contributed by atoms with van der Waals surface area (Å²) in [5.74, 6) is 0. The van der Waals surface area contributed by atoms with E-state index in [9.17, 15) is 0 Å². The smallest absolute Gasteiger partial charge is 0.136 e. The van der Waals surface area contributed by atoms with Gasteiger partial charge in [0.25, 0.3) is 0 Å². The second-order valence-electron chi connectivity index (χ2n) is 1.47. The summed E-state index contributed by atoms with van der Waals surface area (Å²) in [4.78, 5) is 0. The summed E-state index contributed by atoms with van der Waals surface area (Å²) >= 11 is 0. The molecule has 5 nitrogen and oxygen atoms in total. The summed E-state index contributed by atoms with van der Waals surface area (Å²) < 4.78 is 4.21. The van der Waals surface area contributed by atoms with Crippen molar-refractivity contribution in [3.63, 3.8) is 0 Å². The molecule has 0 spiro atoms. The molecule has 0 radical (unpaired) electrons. The second-order valence-corrected chi connectivity index (χ2v) is 1.47. The molecule has 0 saturated heterocycles. The fourth-order valence-electron chi connectivity index (χ4n) is 0.465. The molecular formula is C4H6N2O3. The average Bonchev–Trinajstić information content (AvgIpc) is 2.33. The standard InChI is InChI=1S/C4H6N2O3/c7-1-3-4(2-8)6-9-5-3/h7-8H,1-2H2. The highest BCUT2D eigenvalue weighted by molar-refractivity contribution is 5.03. The Kier molecular flexibility index (Phi) is 1.76. The molecule has 2 N–H and O–H groups in total. The lowest BCUT2D eigenvalue weighted by Gasteiger charge is -1.85. The summed E-state index contributed by atoms with van der Waals surface area (Å²) in [7, 11) is 0. The minimum absolute atomic E-state index is 0.251. The normalized spacial score (nSPS) is 10.0. The van der Waals surface area contributed by atoms with Gasteiger partial charge in [-0.25, -0.2) is 4.63 Å². The summed E-state index contributed by atoms with van der Waals surface area (Å²) in [5, 5.41) is 23.5. The number of aromatic nitrogens is 2. The van der Waals surface area contributed by atoms with Gasteiger partial charge in [-0.1, -0.05) is 10.3 Å². The maximum atomic E-state index is 8.46. The van der Waals surface area contributed by atoms with E-state index >= 15 is 0 Å². The summed E-state index contributed by atoms with van der Waals surface area (Å²) in [6, 6.07) is 0. The van der Waals surface area contributed by atoms with Gasteiger partial charge in [0.2, 0.25) is 0 Å². The molecule has 1 aromatic rings. The maximum Gasteiger partial charge on any atom is 0.136 e. The zero-order valence-electron chi connectivity index (χ0n) is 4.61. The average molecular weight is 130 g/mol. The first kappa shape index (κ1) is 6.18. The van der Waals surface area contributed by atoms with Crippen LogP contribution in [0.25, 0.3) is 0 Å². The van der Waals surface area contributed by atoms with Gasteiger partial charge in [-0.05, 0) is 0 Å². The Bertz CT molecular complexity index is 167. The van der Waals surface area contributed by atoms with Crippen LogP contribution >= 0.6 is 0 Å². The Morgan fingerprint density at radius 3 is 1.89 bits per heavy atom. The molecule has 0 aromatic carbocycles. The van der Waals surface area contributed by atoms with Gasteiger partial charge in [-0.15, -0.1) is 0 Å². The third-order valence-corrected chi connectivity index (χ3v) is 0.935. The molecule has 5 heteroatoms. The van der Waals surface area contributed by atoms with Crippen molar-refractivity contribution < 1.29 is 14.8 Å². The number of aliphatic hydroxyl groups is 2. The lowest BCUT2D eigenvalue weighted by Crippen LogP contribution is -1.91. The summed E-state index contributed by atoms with van der Waals surface area (Å²) in [5.41, 5.74) is 0.579. The number of nitrogens with zero attached hydrogens (tertiary/aromatic N) is 2.